The lowest BCUT2D eigenvalue weighted by Gasteiger charge is -2.04. The van der Waals surface area contributed by atoms with Gasteiger partial charge in [0.05, 0.1) is 11.3 Å². The van der Waals surface area contributed by atoms with E-state index in [1.807, 2.05) is 42.5 Å². The van der Waals surface area contributed by atoms with Crippen LogP contribution >= 0.6 is 0 Å². The fraction of sp³-hybridized carbons (Fsp3) is 0. The molecular weight excluding hydrogens is 252 g/mol. The Bertz CT molecular complexity index is 969. The van der Waals surface area contributed by atoms with Gasteiger partial charge >= 0.3 is 5.63 Å². The van der Waals surface area contributed by atoms with Crippen LogP contribution in [0, 0.1) is 0 Å². The van der Waals surface area contributed by atoms with Crippen molar-refractivity contribution in [2.75, 3.05) is 0 Å². The van der Waals surface area contributed by atoms with Crippen LogP contribution in [0.5, 0.6) is 0 Å². The highest BCUT2D eigenvalue weighted by atomic mass is 16.4. The van der Waals surface area contributed by atoms with Crippen LogP contribution in [-0.2, 0) is 0 Å². The lowest BCUT2D eigenvalue weighted by molar-refractivity contribution is 0.563. The van der Waals surface area contributed by atoms with E-state index < -0.39 is 0 Å². The zero-order chi connectivity index (χ0) is 13.5. The van der Waals surface area contributed by atoms with Crippen molar-refractivity contribution < 1.29 is 4.42 Å². The summed E-state index contributed by atoms with van der Waals surface area (Å²) in [6, 6.07) is 15.4. The minimum Gasteiger partial charge on any atom is -0.422 e. The fourth-order valence-electron chi connectivity index (χ4n) is 2.47. The molecule has 0 unspecified atom stereocenters. The smallest absolute Gasteiger partial charge is 0.345 e. The average molecular weight is 262 g/mol. The molecule has 0 atom stereocenters. The van der Waals surface area contributed by atoms with E-state index >= 15 is 0 Å². The number of nitrogens with zero attached hydrogens (tertiary/aromatic N) is 1. The number of aromatic nitrogens is 2. The van der Waals surface area contributed by atoms with E-state index in [0.29, 0.717) is 16.8 Å². The molecule has 4 heteroatoms. The van der Waals surface area contributed by atoms with Crippen molar-refractivity contribution in [2.45, 2.75) is 0 Å². The third-order valence-electron chi connectivity index (χ3n) is 3.43. The molecule has 4 rings (SSSR count). The number of nitrogens with one attached hydrogen (secondary N) is 1. The van der Waals surface area contributed by atoms with Gasteiger partial charge in [-0.05, 0) is 29.0 Å². The van der Waals surface area contributed by atoms with Crippen LogP contribution in [0.1, 0.15) is 0 Å². The number of hydrogen-bond acceptors (Lipinski definition) is 3. The van der Waals surface area contributed by atoms with E-state index in [2.05, 4.69) is 10.2 Å². The summed E-state index contributed by atoms with van der Waals surface area (Å²) in [4.78, 5) is 12.1. The van der Waals surface area contributed by atoms with E-state index in [1.165, 1.54) is 0 Å². The van der Waals surface area contributed by atoms with E-state index in [0.717, 1.165) is 16.2 Å². The van der Waals surface area contributed by atoms with Crippen LogP contribution in [-0.4, -0.2) is 10.2 Å². The molecule has 0 aliphatic rings. The number of fused-ring (bicyclic) bond motifs is 3. The second-order valence-corrected chi connectivity index (χ2v) is 4.62. The van der Waals surface area contributed by atoms with Crippen molar-refractivity contribution in [3.63, 3.8) is 0 Å². The standard InChI is InChI=1S/C16H10N2O2/c19-16-13(14-7-8-17-18-14)9-12-11-4-2-1-3-10(11)5-6-15(12)20-16/h1-9H,(H,17,18). The van der Waals surface area contributed by atoms with Crippen molar-refractivity contribution in [2.24, 2.45) is 0 Å². The molecule has 4 aromatic rings. The van der Waals surface area contributed by atoms with Crippen molar-refractivity contribution in [3.05, 3.63) is 65.1 Å². The Balaban J connectivity index is 2.15. The lowest BCUT2D eigenvalue weighted by atomic mass is 10.0. The Morgan fingerprint density at radius 3 is 2.75 bits per heavy atom. The largest absolute Gasteiger partial charge is 0.422 e. The molecule has 0 aliphatic heterocycles. The van der Waals surface area contributed by atoms with Gasteiger partial charge in [-0.1, -0.05) is 30.3 Å². The van der Waals surface area contributed by atoms with Crippen LogP contribution in [0.4, 0.5) is 0 Å². The van der Waals surface area contributed by atoms with Gasteiger partial charge in [0.2, 0.25) is 0 Å². The SMILES string of the molecule is O=c1oc2ccc3ccccc3c2cc1-c1ccn[nH]1. The maximum absolute atomic E-state index is 12.1. The fourth-order valence-corrected chi connectivity index (χ4v) is 2.47. The molecule has 1 N–H and O–H groups in total. The first-order valence-electron chi connectivity index (χ1n) is 6.28. The molecule has 96 valence electrons. The molecule has 20 heavy (non-hydrogen) atoms. The Morgan fingerprint density at radius 1 is 1.00 bits per heavy atom. The highest BCUT2D eigenvalue weighted by Gasteiger charge is 2.10. The summed E-state index contributed by atoms with van der Waals surface area (Å²) in [6.07, 6.45) is 1.61. The van der Waals surface area contributed by atoms with E-state index in [4.69, 9.17) is 4.42 Å². The summed E-state index contributed by atoms with van der Waals surface area (Å²) in [6.45, 7) is 0. The van der Waals surface area contributed by atoms with Crippen molar-refractivity contribution >= 4 is 21.7 Å². The number of aromatic amines is 1. The minimum absolute atomic E-state index is 0.364. The molecule has 0 radical (unpaired) electrons. The first-order valence-corrected chi connectivity index (χ1v) is 6.28. The molecule has 2 aromatic heterocycles. The van der Waals surface area contributed by atoms with E-state index in [-0.39, 0.29) is 5.63 Å². The molecule has 4 nitrogen and oxygen atoms in total. The summed E-state index contributed by atoms with van der Waals surface area (Å²) in [7, 11) is 0. The normalized spacial score (nSPS) is 11.2. The molecule has 0 aliphatic carbocycles. The van der Waals surface area contributed by atoms with Gasteiger partial charge in [0.25, 0.3) is 0 Å². The molecule has 0 fully saturated rings. The molecule has 2 heterocycles. The maximum Gasteiger partial charge on any atom is 0.345 e. The minimum atomic E-state index is -0.364. The third kappa shape index (κ3) is 1.55. The van der Waals surface area contributed by atoms with Crippen LogP contribution < -0.4 is 5.63 Å². The Labute approximate surface area is 113 Å². The van der Waals surface area contributed by atoms with Gasteiger partial charge in [0.15, 0.2) is 0 Å². The maximum atomic E-state index is 12.1. The van der Waals surface area contributed by atoms with Gasteiger partial charge in [-0.15, -0.1) is 0 Å². The van der Waals surface area contributed by atoms with Gasteiger partial charge < -0.3 is 4.42 Å². The van der Waals surface area contributed by atoms with Crippen molar-refractivity contribution in [1.82, 2.24) is 10.2 Å². The monoisotopic (exact) mass is 262 g/mol. The topological polar surface area (TPSA) is 58.9 Å². The zero-order valence-corrected chi connectivity index (χ0v) is 10.5. The highest BCUT2D eigenvalue weighted by molar-refractivity contribution is 6.06. The average Bonchev–Trinajstić information content (AvgIpc) is 3.00. The third-order valence-corrected chi connectivity index (χ3v) is 3.43. The van der Waals surface area contributed by atoms with E-state index in [1.54, 1.807) is 12.3 Å². The van der Waals surface area contributed by atoms with Gasteiger partial charge in [-0.2, -0.15) is 5.10 Å². The summed E-state index contributed by atoms with van der Waals surface area (Å²) in [5, 5.41) is 9.78. The first kappa shape index (κ1) is 11.0. The van der Waals surface area contributed by atoms with Gasteiger partial charge in [0, 0.05) is 11.6 Å². The molecule has 0 amide bonds. The molecule has 0 bridgehead atoms. The second-order valence-electron chi connectivity index (χ2n) is 4.62. The summed E-state index contributed by atoms with van der Waals surface area (Å²) in [5.74, 6) is 0. The quantitative estimate of drug-likeness (QED) is 0.423. The van der Waals surface area contributed by atoms with Crippen molar-refractivity contribution in [1.29, 1.82) is 0 Å². The summed E-state index contributed by atoms with van der Waals surface area (Å²) >= 11 is 0. The number of benzene rings is 2. The predicted molar refractivity (Wildman–Crippen MR) is 77.6 cm³/mol. The van der Waals surface area contributed by atoms with Crippen LogP contribution in [0.25, 0.3) is 33.0 Å². The Hall–Kier alpha value is -2.88. The van der Waals surface area contributed by atoms with Gasteiger partial charge in [-0.3, -0.25) is 5.10 Å². The highest BCUT2D eigenvalue weighted by Crippen LogP contribution is 2.27. The molecule has 2 aromatic carbocycles. The van der Waals surface area contributed by atoms with Crippen molar-refractivity contribution in [3.8, 4) is 11.3 Å². The molecular formula is C16H10N2O2. The number of rotatable bonds is 1. The van der Waals surface area contributed by atoms with Gasteiger partial charge in [-0.25, -0.2) is 4.79 Å². The number of H-pyrrole nitrogens is 1. The Kier molecular flexibility index (Phi) is 2.23. The zero-order valence-electron chi connectivity index (χ0n) is 10.5. The van der Waals surface area contributed by atoms with Crippen LogP contribution in [0.3, 0.4) is 0 Å². The van der Waals surface area contributed by atoms with E-state index in [9.17, 15) is 4.79 Å². The van der Waals surface area contributed by atoms with Crippen LogP contribution in [0.15, 0.2) is 63.9 Å². The van der Waals surface area contributed by atoms with Gasteiger partial charge in [0.1, 0.15) is 5.58 Å². The summed E-state index contributed by atoms with van der Waals surface area (Å²) in [5.41, 5.74) is 1.38. The molecule has 0 saturated carbocycles. The lowest BCUT2D eigenvalue weighted by Crippen LogP contribution is -2.03. The second kappa shape index (κ2) is 4.06. The predicted octanol–water partition coefficient (Wildman–Crippen LogP) is 3.34. The molecule has 0 saturated heterocycles. The molecule has 0 spiro atoms. The number of hydrogen-bond donors (Lipinski definition) is 1. The summed E-state index contributed by atoms with van der Waals surface area (Å²) < 4.78 is 5.42. The van der Waals surface area contributed by atoms with Crippen LogP contribution in [0.2, 0.25) is 0 Å². The Morgan fingerprint density at radius 2 is 1.90 bits per heavy atom. The first-order chi connectivity index (χ1) is 9.83.